The lowest BCUT2D eigenvalue weighted by molar-refractivity contribution is 0.180. The molecular weight excluding hydrogens is 352 g/mol. The highest BCUT2D eigenvalue weighted by Crippen LogP contribution is 2.32. The SMILES string of the molecule is CC(NS(=O)(=O)c1cc(CN)sc1Br)C1CCOC1. The third-order valence-electron chi connectivity index (χ3n) is 3.21. The summed E-state index contributed by atoms with van der Waals surface area (Å²) in [7, 11) is -3.51. The Morgan fingerprint density at radius 2 is 2.42 bits per heavy atom. The molecule has 0 aromatic carbocycles. The topological polar surface area (TPSA) is 81.4 Å². The Balaban J connectivity index is 2.14. The van der Waals surface area contributed by atoms with Crippen LogP contribution in [0.25, 0.3) is 0 Å². The Hall–Kier alpha value is 0.01000. The molecule has 0 bridgehead atoms. The molecule has 2 rings (SSSR count). The van der Waals surface area contributed by atoms with Gasteiger partial charge in [0.05, 0.1) is 10.4 Å². The first-order valence-corrected chi connectivity index (χ1v) is 9.11. The molecule has 3 N–H and O–H groups in total. The van der Waals surface area contributed by atoms with Gasteiger partial charge in [0.15, 0.2) is 0 Å². The molecule has 8 heteroatoms. The van der Waals surface area contributed by atoms with E-state index in [9.17, 15) is 8.42 Å². The molecule has 2 unspecified atom stereocenters. The molecule has 0 saturated carbocycles. The molecule has 0 spiro atoms. The molecule has 0 radical (unpaired) electrons. The van der Waals surface area contributed by atoms with Crippen LogP contribution in [-0.2, 0) is 21.3 Å². The normalized spacial score (nSPS) is 21.7. The van der Waals surface area contributed by atoms with Gasteiger partial charge in [-0.25, -0.2) is 13.1 Å². The molecule has 1 aromatic rings. The maximum absolute atomic E-state index is 12.3. The van der Waals surface area contributed by atoms with Crippen LogP contribution in [0.5, 0.6) is 0 Å². The first-order chi connectivity index (χ1) is 8.94. The Morgan fingerprint density at radius 3 is 2.95 bits per heavy atom. The van der Waals surface area contributed by atoms with Crippen molar-refractivity contribution in [2.75, 3.05) is 13.2 Å². The molecule has 1 saturated heterocycles. The summed E-state index contributed by atoms with van der Waals surface area (Å²) in [6.07, 6.45) is 0.891. The summed E-state index contributed by atoms with van der Waals surface area (Å²) < 4.78 is 33.3. The van der Waals surface area contributed by atoms with Gasteiger partial charge < -0.3 is 10.5 Å². The number of ether oxygens (including phenoxy) is 1. The molecule has 2 atom stereocenters. The summed E-state index contributed by atoms with van der Waals surface area (Å²) in [5, 5.41) is 0. The van der Waals surface area contributed by atoms with Gasteiger partial charge in [-0.05, 0) is 35.3 Å². The largest absolute Gasteiger partial charge is 0.381 e. The number of nitrogens with two attached hydrogens (primary N) is 1. The molecule has 2 heterocycles. The van der Waals surface area contributed by atoms with Crippen LogP contribution in [0.3, 0.4) is 0 Å². The summed E-state index contributed by atoms with van der Waals surface area (Å²) in [6.45, 7) is 3.53. The lowest BCUT2D eigenvalue weighted by Gasteiger charge is -2.18. The van der Waals surface area contributed by atoms with E-state index in [1.807, 2.05) is 6.92 Å². The minimum absolute atomic E-state index is 0.138. The van der Waals surface area contributed by atoms with Crippen molar-refractivity contribution >= 4 is 37.3 Å². The monoisotopic (exact) mass is 368 g/mol. The van der Waals surface area contributed by atoms with Crippen molar-refractivity contribution in [3.8, 4) is 0 Å². The Kier molecular flexibility index (Phi) is 5.02. The number of rotatable bonds is 5. The minimum Gasteiger partial charge on any atom is -0.381 e. The van der Waals surface area contributed by atoms with Crippen LogP contribution in [0.2, 0.25) is 0 Å². The zero-order chi connectivity index (χ0) is 14.0. The zero-order valence-electron chi connectivity index (χ0n) is 10.6. The van der Waals surface area contributed by atoms with Crippen LogP contribution in [-0.4, -0.2) is 27.7 Å². The second-order valence-electron chi connectivity index (χ2n) is 4.59. The van der Waals surface area contributed by atoms with Crippen molar-refractivity contribution in [2.45, 2.75) is 30.8 Å². The average molecular weight is 369 g/mol. The lowest BCUT2D eigenvalue weighted by Crippen LogP contribution is -2.38. The van der Waals surface area contributed by atoms with Gasteiger partial charge in [0, 0.05) is 30.0 Å². The summed E-state index contributed by atoms with van der Waals surface area (Å²) >= 11 is 4.63. The highest BCUT2D eigenvalue weighted by molar-refractivity contribution is 9.11. The lowest BCUT2D eigenvalue weighted by atomic mass is 10.0. The highest BCUT2D eigenvalue weighted by Gasteiger charge is 2.28. The van der Waals surface area contributed by atoms with E-state index in [0.29, 0.717) is 23.5 Å². The third kappa shape index (κ3) is 3.56. The van der Waals surface area contributed by atoms with E-state index in [2.05, 4.69) is 20.7 Å². The molecule has 1 fully saturated rings. The number of nitrogens with one attached hydrogen (secondary N) is 1. The quantitative estimate of drug-likeness (QED) is 0.827. The van der Waals surface area contributed by atoms with E-state index in [4.69, 9.17) is 10.5 Å². The maximum atomic E-state index is 12.3. The smallest absolute Gasteiger partial charge is 0.242 e. The maximum Gasteiger partial charge on any atom is 0.242 e. The van der Waals surface area contributed by atoms with Gasteiger partial charge in [0.25, 0.3) is 0 Å². The first kappa shape index (κ1) is 15.4. The van der Waals surface area contributed by atoms with E-state index in [1.165, 1.54) is 11.3 Å². The van der Waals surface area contributed by atoms with Crippen molar-refractivity contribution in [1.29, 1.82) is 0 Å². The molecule has 1 aliphatic heterocycles. The van der Waals surface area contributed by atoms with Gasteiger partial charge in [0.2, 0.25) is 10.0 Å². The Morgan fingerprint density at radius 1 is 1.68 bits per heavy atom. The van der Waals surface area contributed by atoms with Crippen molar-refractivity contribution in [3.05, 3.63) is 14.7 Å². The van der Waals surface area contributed by atoms with Gasteiger partial charge in [-0.15, -0.1) is 11.3 Å². The molecule has 1 aromatic heterocycles. The number of sulfonamides is 1. The molecule has 0 amide bonds. The van der Waals surface area contributed by atoms with E-state index in [0.717, 1.165) is 11.3 Å². The van der Waals surface area contributed by atoms with Gasteiger partial charge in [-0.3, -0.25) is 0 Å². The molecule has 108 valence electrons. The van der Waals surface area contributed by atoms with Gasteiger partial charge in [-0.2, -0.15) is 0 Å². The molecule has 0 aliphatic carbocycles. The Bertz CT molecular complexity index is 538. The fraction of sp³-hybridized carbons (Fsp3) is 0.636. The van der Waals surface area contributed by atoms with E-state index >= 15 is 0 Å². The van der Waals surface area contributed by atoms with Crippen molar-refractivity contribution in [1.82, 2.24) is 4.72 Å². The van der Waals surface area contributed by atoms with Crippen LogP contribution in [0.1, 0.15) is 18.2 Å². The fourth-order valence-corrected chi connectivity index (χ4v) is 5.91. The Labute approximate surface area is 125 Å². The second kappa shape index (κ2) is 6.19. The number of hydrogen-bond donors (Lipinski definition) is 2. The summed E-state index contributed by atoms with van der Waals surface area (Å²) in [4.78, 5) is 1.10. The van der Waals surface area contributed by atoms with Gasteiger partial charge in [-0.1, -0.05) is 0 Å². The molecule has 1 aliphatic rings. The third-order valence-corrected chi connectivity index (χ3v) is 7.04. The molecular formula is C11H17BrN2O3S2. The number of halogens is 1. The first-order valence-electron chi connectivity index (χ1n) is 6.02. The van der Waals surface area contributed by atoms with Crippen molar-refractivity contribution in [2.24, 2.45) is 11.7 Å². The fourth-order valence-electron chi connectivity index (χ4n) is 2.03. The van der Waals surface area contributed by atoms with Gasteiger partial charge in [0.1, 0.15) is 4.90 Å². The highest BCUT2D eigenvalue weighted by atomic mass is 79.9. The van der Waals surface area contributed by atoms with Crippen molar-refractivity contribution in [3.63, 3.8) is 0 Å². The number of thiophene rings is 1. The van der Waals surface area contributed by atoms with E-state index < -0.39 is 10.0 Å². The van der Waals surface area contributed by atoms with Crippen LogP contribution in [0.4, 0.5) is 0 Å². The molecule has 5 nitrogen and oxygen atoms in total. The standard InChI is InChI=1S/C11H17BrN2O3S2/c1-7(8-2-3-17-6-8)14-19(15,16)10-4-9(5-13)18-11(10)12/h4,7-8,14H,2-3,5-6,13H2,1H3. The average Bonchev–Trinajstić information content (AvgIpc) is 2.96. The minimum atomic E-state index is -3.51. The molecule has 19 heavy (non-hydrogen) atoms. The summed E-state index contributed by atoms with van der Waals surface area (Å²) in [5.41, 5.74) is 5.53. The van der Waals surface area contributed by atoms with Crippen LogP contribution in [0.15, 0.2) is 14.7 Å². The van der Waals surface area contributed by atoms with Crippen molar-refractivity contribution < 1.29 is 13.2 Å². The predicted molar refractivity (Wildman–Crippen MR) is 78.6 cm³/mol. The summed E-state index contributed by atoms with van der Waals surface area (Å²) in [5.74, 6) is 0.237. The second-order valence-corrected chi connectivity index (χ2v) is 8.73. The number of hydrogen-bond acceptors (Lipinski definition) is 5. The summed E-state index contributed by atoms with van der Waals surface area (Å²) in [6, 6.07) is 1.48. The van der Waals surface area contributed by atoms with E-state index in [1.54, 1.807) is 6.07 Å². The zero-order valence-corrected chi connectivity index (χ0v) is 13.8. The van der Waals surface area contributed by atoms with Crippen LogP contribution in [0, 0.1) is 5.92 Å². The predicted octanol–water partition coefficient (Wildman–Crippen LogP) is 1.67. The van der Waals surface area contributed by atoms with Gasteiger partial charge >= 0.3 is 0 Å². The van der Waals surface area contributed by atoms with E-state index in [-0.39, 0.29) is 16.9 Å². The van der Waals surface area contributed by atoms with Crippen LogP contribution < -0.4 is 10.5 Å². The van der Waals surface area contributed by atoms with Crippen LogP contribution >= 0.6 is 27.3 Å².